The lowest BCUT2D eigenvalue weighted by molar-refractivity contribution is 0.0195. The molecular weight excluding hydrogens is 251 g/mol. The Morgan fingerprint density at radius 3 is 2.55 bits per heavy atom. The molecule has 0 bridgehead atoms. The van der Waals surface area contributed by atoms with Crippen molar-refractivity contribution in [1.29, 1.82) is 0 Å². The van der Waals surface area contributed by atoms with Crippen LogP contribution in [0.5, 0.6) is 0 Å². The van der Waals surface area contributed by atoms with Gasteiger partial charge in [0.15, 0.2) is 0 Å². The van der Waals surface area contributed by atoms with E-state index >= 15 is 0 Å². The van der Waals surface area contributed by atoms with E-state index in [9.17, 15) is 4.39 Å². The van der Waals surface area contributed by atoms with Gasteiger partial charge < -0.3 is 4.74 Å². The molecule has 1 aliphatic rings. The molecule has 0 aliphatic carbocycles. The fraction of sp³-hybridized carbons (Fsp3) is 0.333. The monoisotopic (exact) mass is 270 g/mol. The standard InChI is InChI=1S/C18H19FO/c1-13-2-4-14(5-3-13)15-6-7-16-11-18(8-9-19)20-12-17(16)10-15/h2-7,10,18H,8-9,11-12H2,1H3. The van der Waals surface area contributed by atoms with E-state index in [1.54, 1.807) is 0 Å². The lowest BCUT2D eigenvalue weighted by Crippen LogP contribution is -2.22. The zero-order chi connectivity index (χ0) is 13.9. The molecule has 0 saturated carbocycles. The highest BCUT2D eigenvalue weighted by Crippen LogP contribution is 2.28. The van der Waals surface area contributed by atoms with Crippen molar-refractivity contribution in [3.63, 3.8) is 0 Å². The van der Waals surface area contributed by atoms with Crippen LogP contribution in [0.15, 0.2) is 42.5 Å². The van der Waals surface area contributed by atoms with Gasteiger partial charge in [0.2, 0.25) is 0 Å². The number of alkyl halides is 1. The van der Waals surface area contributed by atoms with Gasteiger partial charge in [-0.15, -0.1) is 0 Å². The Balaban J connectivity index is 1.85. The van der Waals surface area contributed by atoms with Crippen molar-refractivity contribution in [2.45, 2.75) is 32.5 Å². The molecule has 20 heavy (non-hydrogen) atoms. The largest absolute Gasteiger partial charge is 0.373 e. The summed E-state index contributed by atoms with van der Waals surface area (Å²) in [5.41, 5.74) is 6.24. The van der Waals surface area contributed by atoms with Crippen molar-refractivity contribution in [3.8, 4) is 11.1 Å². The molecule has 0 radical (unpaired) electrons. The van der Waals surface area contributed by atoms with Crippen LogP contribution >= 0.6 is 0 Å². The lowest BCUT2D eigenvalue weighted by atomic mass is 9.93. The second-order valence-electron chi connectivity index (χ2n) is 5.46. The Hall–Kier alpha value is -1.67. The van der Waals surface area contributed by atoms with E-state index in [4.69, 9.17) is 4.74 Å². The van der Waals surface area contributed by atoms with E-state index in [-0.39, 0.29) is 12.8 Å². The van der Waals surface area contributed by atoms with Crippen molar-refractivity contribution in [2.75, 3.05) is 6.67 Å². The summed E-state index contributed by atoms with van der Waals surface area (Å²) in [5.74, 6) is 0. The zero-order valence-electron chi connectivity index (χ0n) is 11.7. The van der Waals surface area contributed by atoms with Gasteiger partial charge in [-0.1, -0.05) is 42.0 Å². The van der Waals surface area contributed by atoms with Gasteiger partial charge in [0.25, 0.3) is 0 Å². The molecule has 1 unspecified atom stereocenters. The zero-order valence-corrected chi connectivity index (χ0v) is 11.7. The number of hydrogen-bond acceptors (Lipinski definition) is 1. The molecule has 0 amide bonds. The van der Waals surface area contributed by atoms with Crippen molar-refractivity contribution in [2.24, 2.45) is 0 Å². The highest BCUT2D eigenvalue weighted by atomic mass is 19.1. The minimum Gasteiger partial charge on any atom is -0.373 e. The number of fused-ring (bicyclic) bond motifs is 1. The number of benzene rings is 2. The van der Waals surface area contributed by atoms with Crippen LogP contribution in [-0.2, 0) is 17.8 Å². The molecule has 0 spiro atoms. The molecule has 2 aromatic carbocycles. The third kappa shape index (κ3) is 2.75. The van der Waals surface area contributed by atoms with E-state index < -0.39 is 0 Å². The molecule has 104 valence electrons. The van der Waals surface area contributed by atoms with Crippen LogP contribution < -0.4 is 0 Å². The minimum atomic E-state index is -0.304. The van der Waals surface area contributed by atoms with Gasteiger partial charge in [0.1, 0.15) is 0 Å². The normalized spacial score (nSPS) is 17.8. The molecule has 0 saturated heterocycles. The first-order valence-corrected chi connectivity index (χ1v) is 7.12. The summed E-state index contributed by atoms with van der Waals surface area (Å²) in [6.45, 7) is 2.39. The summed E-state index contributed by atoms with van der Waals surface area (Å²) in [7, 11) is 0. The molecule has 2 aromatic rings. The fourth-order valence-electron chi connectivity index (χ4n) is 2.70. The summed E-state index contributed by atoms with van der Waals surface area (Å²) in [6, 6.07) is 15.1. The van der Waals surface area contributed by atoms with Gasteiger partial charge in [-0.05, 0) is 41.7 Å². The second-order valence-corrected chi connectivity index (χ2v) is 5.46. The van der Waals surface area contributed by atoms with Crippen LogP contribution in [0.2, 0.25) is 0 Å². The van der Waals surface area contributed by atoms with E-state index in [2.05, 4.69) is 49.4 Å². The topological polar surface area (TPSA) is 9.23 Å². The Morgan fingerprint density at radius 2 is 1.80 bits per heavy atom. The van der Waals surface area contributed by atoms with Crippen LogP contribution in [0.3, 0.4) is 0 Å². The maximum atomic E-state index is 12.4. The Morgan fingerprint density at radius 1 is 1.05 bits per heavy atom. The van der Waals surface area contributed by atoms with Gasteiger partial charge in [0.05, 0.1) is 19.4 Å². The van der Waals surface area contributed by atoms with E-state index in [0.29, 0.717) is 13.0 Å². The fourth-order valence-corrected chi connectivity index (χ4v) is 2.70. The van der Waals surface area contributed by atoms with Crippen molar-refractivity contribution < 1.29 is 9.13 Å². The Bertz CT molecular complexity index is 589. The third-order valence-corrected chi connectivity index (χ3v) is 3.94. The summed E-state index contributed by atoms with van der Waals surface area (Å²) in [4.78, 5) is 0. The highest BCUT2D eigenvalue weighted by Gasteiger charge is 2.19. The number of aryl methyl sites for hydroxylation is 1. The van der Waals surface area contributed by atoms with Gasteiger partial charge in [-0.2, -0.15) is 0 Å². The lowest BCUT2D eigenvalue weighted by Gasteiger charge is -2.25. The van der Waals surface area contributed by atoms with E-state index in [1.165, 1.54) is 27.8 Å². The first-order valence-electron chi connectivity index (χ1n) is 7.12. The predicted molar refractivity (Wildman–Crippen MR) is 79.5 cm³/mol. The second kappa shape index (κ2) is 5.76. The summed E-state index contributed by atoms with van der Waals surface area (Å²) in [6.07, 6.45) is 1.37. The molecule has 2 heteroatoms. The molecule has 1 nitrogen and oxygen atoms in total. The molecule has 3 rings (SSSR count). The van der Waals surface area contributed by atoms with Crippen molar-refractivity contribution in [3.05, 3.63) is 59.2 Å². The van der Waals surface area contributed by atoms with Gasteiger partial charge in [0, 0.05) is 6.42 Å². The number of rotatable bonds is 3. The first-order chi connectivity index (χ1) is 9.76. The van der Waals surface area contributed by atoms with E-state index in [1.807, 2.05) is 0 Å². The molecule has 1 atom stereocenters. The maximum Gasteiger partial charge on any atom is 0.0919 e. The Labute approximate surface area is 119 Å². The van der Waals surface area contributed by atoms with Crippen molar-refractivity contribution >= 4 is 0 Å². The quantitative estimate of drug-likeness (QED) is 0.800. The molecule has 1 heterocycles. The van der Waals surface area contributed by atoms with Crippen LogP contribution in [0, 0.1) is 6.92 Å². The van der Waals surface area contributed by atoms with Gasteiger partial charge in [-0.25, -0.2) is 0 Å². The third-order valence-electron chi connectivity index (χ3n) is 3.94. The van der Waals surface area contributed by atoms with Gasteiger partial charge in [-0.3, -0.25) is 4.39 Å². The summed E-state index contributed by atoms with van der Waals surface area (Å²) in [5, 5.41) is 0. The molecule has 0 fully saturated rings. The highest BCUT2D eigenvalue weighted by molar-refractivity contribution is 5.65. The summed E-state index contributed by atoms with van der Waals surface area (Å²) < 4.78 is 18.1. The molecular formula is C18H19FO. The van der Waals surface area contributed by atoms with E-state index in [0.717, 1.165) is 6.42 Å². The predicted octanol–water partition coefficient (Wildman–Crippen LogP) is 4.46. The number of ether oxygens (including phenoxy) is 1. The van der Waals surface area contributed by atoms with Crippen molar-refractivity contribution in [1.82, 2.24) is 0 Å². The average molecular weight is 270 g/mol. The van der Waals surface area contributed by atoms with Gasteiger partial charge >= 0.3 is 0 Å². The SMILES string of the molecule is Cc1ccc(-c2ccc3c(c2)COC(CCF)C3)cc1. The summed E-state index contributed by atoms with van der Waals surface area (Å²) >= 11 is 0. The number of halogens is 1. The first kappa shape index (κ1) is 13.3. The number of hydrogen-bond donors (Lipinski definition) is 0. The minimum absolute atomic E-state index is 0.0396. The maximum absolute atomic E-state index is 12.4. The van der Waals surface area contributed by atoms with Crippen LogP contribution in [-0.4, -0.2) is 12.8 Å². The smallest absolute Gasteiger partial charge is 0.0919 e. The molecule has 0 N–H and O–H groups in total. The molecule has 0 aromatic heterocycles. The van der Waals surface area contributed by atoms with Crippen LogP contribution in [0.4, 0.5) is 4.39 Å². The van der Waals surface area contributed by atoms with Crippen LogP contribution in [0.1, 0.15) is 23.1 Å². The molecule has 1 aliphatic heterocycles. The van der Waals surface area contributed by atoms with Crippen LogP contribution in [0.25, 0.3) is 11.1 Å². The Kier molecular flexibility index (Phi) is 3.83. The average Bonchev–Trinajstić information content (AvgIpc) is 2.48.